The Bertz CT molecular complexity index is 1940. The molecule has 0 bridgehead atoms. The van der Waals surface area contributed by atoms with E-state index in [0.717, 1.165) is 29.0 Å². The van der Waals surface area contributed by atoms with E-state index in [9.17, 15) is 22.4 Å². The van der Waals surface area contributed by atoms with Crippen molar-refractivity contribution in [3.63, 3.8) is 0 Å². The van der Waals surface area contributed by atoms with Crippen LogP contribution in [0.4, 0.5) is 17.6 Å². The molecule has 6 aromatic heterocycles. The summed E-state index contributed by atoms with van der Waals surface area (Å²) in [5.74, 6) is -4.53. The van der Waals surface area contributed by atoms with Gasteiger partial charge in [-0.05, 0) is 62.5 Å². The number of aryl methyl sites for hydroxylation is 4. The Kier molecular flexibility index (Phi) is 18.3. The van der Waals surface area contributed by atoms with E-state index in [1.54, 1.807) is 59.5 Å². The molecular weight excluding hydrogens is 1030 g/mol. The third kappa shape index (κ3) is 14.0. The topological polar surface area (TPSA) is 140 Å². The van der Waals surface area contributed by atoms with E-state index >= 15 is 0 Å². The van der Waals surface area contributed by atoms with E-state index in [1.807, 2.05) is 27.8 Å². The maximum atomic E-state index is 13.2. The number of aromatic carboxylic acids is 1. The summed E-state index contributed by atoms with van der Waals surface area (Å²) in [6, 6.07) is 20.4. The second-order valence-corrected chi connectivity index (χ2v) is 9.98. The Morgan fingerprint density at radius 2 is 1.22 bits per heavy atom. The minimum atomic E-state index is -0.990. The largest absolute Gasteiger partial charge is 0.506 e. The second kappa shape index (κ2) is 21.3. The van der Waals surface area contributed by atoms with Gasteiger partial charge in [-0.3, -0.25) is 14.6 Å². The minimum absolute atomic E-state index is 0. The van der Waals surface area contributed by atoms with Gasteiger partial charge in [0.1, 0.15) is 40.9 Å². The molecule has 0 aliphatic heterocycles. The van der Waals surface area contributed by atoms with E-state index in [4.69, 9.17) is 10.2 Å². The number of hydrogen-bond acceptors (Lipinski definition) is 8. The van der Waals surface area contributed by atoms with Gasteiger partial charge >= 0.3 is 5.97 Å². The van der Waals surface area contributed by atoms with Gasteiger partial charge in [-0.25, -0.2) is 27.3 Å². The second-order valence-electron chi connectivity index (χ2n) is 9.98. The molecule has 16 heteroatoms. The van der Waals surface area contributed by atoms with Crippen LogP contribution in [-0.2, 0) is 47.3 Å². The predicted molar refractivity (Wildman–Crippen MR) is 173 cm³/mol. The van der Waals surface area contributed by atoms with Gasteiger partial charge in [0, 0.05) is 71.5 Å². The maximum Gasteiger partial charge on any atom is 0.354 e. The number of carboxylic acid groups (broad SMARTS) is 1. The molecule has 270 valence electrons. The van der Waals surface area contributed by atoms with Gasteiger partial charge < -0.3 is 20.2 Å². The van der Waals surface area contributed by atoms with Crippen LogP contribution < -0.4 is 0 Å². The fraction of sp³-hybridized carbons (Fsp3) is 0.114. The number of aliphatic hydroxyl groups is 1. The van der Waals surface area contributed by atoms with Crippen LogP contribution in [0, 0.1) is 56.7 Å². The van der Waals surface area contributed by atoms with Crippen molar-refractivity contribution in [2.45, 2.75) is 20.8 Å². The first-order valence-electron chi connectivity index (χ1n) is 14.1. The molecule has 0 unspecified atom stereocenters. The molecule has 0 aromatic carbocycles. The van der Waals surface area contributed by atoms with Crippen LogP contribution in [0.2, 0.25) is 0 Å². The molecule has 0 atom stereocenters. The quantitative estimate of drug-likeness (QED) is 0.0821. The molecule has 6 rings (SSSR count). The summed E-state index contributed by atoms with van der Waals surface area (Å²) in [5, 5.41) is 21.2. The van der Waals surface area contributed by atoms with Crippen molar-refractivity contribution in [3.05, 3.63) is 150 Å². The molecule has 0 saturated heterocycles. The molecule has 6 heterocycles. The molecule has 0 spiro atoms. The molecule has 10 nitrogen and oxygen atoms in total. The number of nitrogens with zero attached hydrogens (tertiary/aromatic N) is 7. The van der Waals surface area contributed by atoms with Gasteiger partial charge in [0.15, 0.2) is 0 Å². The van der Waals surface area contributed by atoms with Crippen molar-refractivity contribution < 1.29 is 72.8 Å². The molecule has 0 aliphatic rings. The Balaban J connectivity index is 0.000000344. The molecular formula is C35H29F4Ir2N7O3-2. The molecule has 2 N–H and O–H groups in total. The Morgan fingerprint density at radius 1 is 0.725 bits per heavy atom. The average molecular weight is 1060 g/mol. The number of carboxylic acids is 1. The zero-order chi connectivity index (χ0) is 36.1. The van der Waals surface area contributed by atoms with E-state index in [1.165, 1.54) is 12.3 Å². The number of hydrogen-bond donors (Lipinski definition) is 2. The standard InChI is InChI=1S/2C11H7F2N2.C7H10N2O.C6H5NO2.2Ir/c2*1-7-4-5-14-9(6-7)8-2-3-10(12)15-11(8)13;1-5-4-7(6(2)10)8-9(5)3;8-6(9)5-3-1-2-4-7-5;;/h2*3-6H,1H3;4,10H,2H2,1,3H3;1-4H,(H,8,9);;/q2*-1;;;;. The number of carbonyl (C=O) groups is 1. The summed E-state index contributed by atoms with van der Waals surface area (Å²) >= 11 is 0. The number of aromatic nitrogens is 7. The fourth-order valence-electron chi connectivity index (χ4n) is 3.64. The number of rotatable bonds is 4. The molecule has 0 fully saturated rings. The third-order valence-electron chi connectivity index (χ3n) is 6.13. The van der Waals surface area contributed by atoms with Crippen LogP contribution in [0.5, 0.6) is 0 Å². The molecule has 0 aliphatic carbocycles. The van der Waals surface area contributed by atoms with Gasteiger partial charge in [0.2, 0.25) is 0 Å². The predicted octanol–water partition coefficient (Wildman–Crippen LogP) is 7.09. The van der Waals surface area contributed by atoms with Crippen LogP contribution in [0.1, 0.15) is 33.0 Å². The van der Waals surface area contributed by atoms with Gasteiger partial charge in [-0.1, -0.05) is 59.2 Å². The van der Waals surface area contributed by atoms with E-state index in [-0.39, 0.29) is 62.8 Å². The minimum Gasteiger partial charge on any atom is -0.506 e. The van der Waals surface area contributed by atoms with Crippen LogP contribution in [-0.4, -0.2) is 50.9 Å². The van der Waals surface area contributed by atoms with Gasteiger partial charge in [0.25, 0.3) is 0 Å². The first-order valence-corrected chi connectivity index (χ1v) is 14.1. The molecule has 6 aromatic rings. The number of halogens is 4. The van der Waals surface area contributed by atoms with Crippen molar-refractivity contribution in [2.24, 2.45) is 7.05 Å². The monoisotopic (exact) mass is 1060 g/mol. The first-order chi connectivity index (χ1) is 23.2. The average Bonchev–Trinajstić information content (AvgIpc) is 3.40. The fourth-order valence-corrected chi connectivity index (χ4v) is 3.64. The number of pyridine rings is 5. The van der Waals surface area contributed by atoms with Crippen molar-refractivity contribution in [1.82, 2.24) is 34.7 Å². The summed E-state index contributed by atoms with van der Waals surface area (Å²) in [5.41, 5.74) is 4.48. The Labute approximate surface area is 318 Å². The Morgan fingerprint density at radius 3 is 1.51 bits per heavy atom. The van der Waals surface area contributed by atoms with E-state index in [2.05, 4.69) is 48.7 Å². The van der Waals surface area contributed by atoms with Crippen molar-refractivity contribution in [2.75, 3.05) is 0 Å². The molecule has 51 heavy (non-hydrogen) atoms. The SMILES string of the molecule is C=C(O)c1cc(C)n(C)n1.Cc1ccnc(-c2[c-]cc(F)nc2F)c1.Cc1ccnc(-c2[c-]cc(F)nc2F)c1.O=C(O)c1ccccn1.[Ir].[Ir]. The molecule has 0 amide bonds. The van der Waals surface area contributed by atoms with Crippen LogP contribution >= 0.6 is 0 Å². The summed E-state index contributed by atoms with van der Waals surface area (Å²) in [4.78, 5) is 27.8. The van der Waals surface area contributed by atoms with Crippen molar-refractivity contribution in [3.8, 4) is 22.5 Å². The zero-order valence-corrected chi connectivity index (χ0v) is 32.1. The summed E-state index contributed by atoms with van der Waals surface area (Å²) in [6.07, 6.45) is 4.56. The van der Waals surface area contributed by atoms with Crippen LogP contribution in [0.15, 0.2) is 85.8 Å². The smallest absolute Gasteiger partial charge is 0.354 e. The van der Waals surface area contributed by atoms with Crippen molar-refractivity contribution >= 4 is 11.7 Å². The normalized spacial score (nSPS) is 9.57. The van der Waals surface area contributed by atoms with Gasteiger partial charge in [-0.2, -0.15) is 5.10 Å². The Hall–Kier alpha value is -5.01. The third-order valence-corrected chi connectivity index (χ3v) is 6.13. The van der Waals surface area contributed by atoms with Crippen LogP contribution in [0.3, 0.4) is 0 Å². The number of aliphatic hydroxyl groups excluding tert-OH is 1. The molecule has 2 radical (unpaired) electrons. The molecule has 0 saturated carbocycles. The first kappa shape index (κ1) is 44.0. The van der Waals surface area contributed by atoms with Crippen LogP contribution in [0.25, 0.3) is 28.3 Å². The van der Waals surface area contributed by atoms with Crippen molar-refractivity contribution in [1.29, 1.82) is 0 Å². The summed E-state index contributed by atoms with van der Waals surface area (Å²) in [7, 11) is 1.82. The summed E-state index contributed by atoms with van der Waals surface area (Å²) < 4.78 is 53.3. The van der Waals surface area contributed by atoms with Gasteiger partial charge in [0.05, 0.1) is 0 Å². The van der Waals surface area contributed by atoms with Gasteiger partial charge in [-0.15, -0.1) is 12.1 Å². The zero-order valence-electron chi connectivity index (χ0n) is 27.3. The van der Waals surface area contributed by atoms with E-state index in [0.29, 0.717) is 17.1 Å². The summed E-state index contributed by atoms with van der Waals surface area (Å²) in [6.45, 7) is 9.00. The maximum absolute atomic E-state index is 13.2. The van der Waals surface area contributed by atoms with E-state index < -0.39 is 29.8 Å².